The van der Waals surface area contributed by atoms with Crippen LogP contribution < -0.4 is 5.32 Å². The Hall–Kier alpha value is -0.120. The lowest BCUT2D eigenvalue weighted by molar-refractivity contribution is -0.0606. The summed E-state index contributed by atoms with van der Waals surface area (Å²) >= 11 is 0. The molecule has 0 aromatic heterocycles. The highest BCUT2D eigenvalue weighted by atomic mass is 16.5. The Morgan fingerprint density at radius 3 is 2.25 bits per heavy atom. The van der Waals surface area contributed by atoms with Crippen LogP contribution >= 0.6 is 0 Å². The van der Waals surface area contributed by atoms with Crippen molar-refractivity contribution in [3.63, 3.8) is 0 Å². The van der Waals surface area contributed by atoms with E-state index in [1.54, 1.807) is 0 Å². The Bertz CT molecular complexity index is 243. The van der Waals surface area contributed by atoms with Crippen molar-refractivity contribution >= 4 is 0 Å². The standard InChI is InChI=1S/C17H34N2O/c1-3-4-11-19-12-9-17(10-13-19)20-16-7-5-15(6-8-16)14-18-2/h15-18H,3-14H2,1-2H3. The van der Waals surface area contributed by atoms with Crippen molar-refractivity contribution in [2.24, 2.45) is 5.92 Å². The van der Waals surface area contributed by atoms with Gasteiger partial charge in [0, 0.05) is 13.1 Å². The molecule has 0 atom stereocenters. The fourth-order valence-electron chi connectivity index (χ4n) is 3.68. The largest absolute Gasteiger partial charge is 0.375 e. The van der Waals surface area contributed by atoms with Gasteiger partial charge in [0.15, 0.2) is 0 Å². The van der Waals surface area contributed by atoms with Crippen molar-refractivity contribution in [2.45, 2.75) is 70.5 Å². The zero-order valence-electron chi connectivity index (χ0n) is 13.6. The minimum atomic E-state index is 0.540. The van der Waals surface area contributed by atoms with Crippen molar-refractivity contribution in [2.75, 3.05) is 33.2 Å². The Morgan fingerprint density at radius 1 is 1.00 bits per heavy atom. The summed E-state index contributed by atoms with van der Waals surface area (Å²) in [7, 11) is 2.06. The molecular formula is C17H34N2O. The van der Waals surface area contributed by atoms with Gasteiger partial charge in [-0.3, -0.25) is 0 Å². The number of piperidine rings is 1. The molecule has 0 radical (unpaired) electrons. The monoisotopic (exact) mass is 282 g/mol. The summed E-state index contributed by atoms with van der Waals surface area (Å²) in [6.07, 6.45) is 11.5. The lowest BCUT2D eigenvalue weighted by Crippen LogP contribution is -2.39. The van der Waals surface area contributed by atoms with Gasteiger partial charge in [-0.15, -0.1) is 0 Å². The highest BCUT2D eigenvalue weighted by molar-refractivity contribution is 4.78. The van der Waals surface area contributed by atoms with Crippen molar-refractivity contribution in [1.82, 2.24) is 10.2 Å². The lowest BCUT2D eigenvalue weighted by Gasteiger charge is -2.36. The molecule has 0 amide bonds. The average Bonchev–Trinajstić information content (AvgIpc) is 2.49. The van der Waals surface area contributed by atoms with Gasteiger partial charge >= 0.3 is 0 Å². The summed E-state index contributed by atoms with van der Waals surface area (Å²) in [5, 5.41) is 3.31. The first-order valence-corrected chi connectivity index (χ1v) is 8.84. The second kappa shape index (κ2) is 9.01. The second-order valence-electron chi connectivity index (χ2n) is 6.73. The van der Waals surface area contributed by atoms with Gasteiger partial charge in [-0.1, -0.05) is 13.3 Å². The van der Waals surface area contributed by atoms with E-state index in [0.717, 1.165) is 5.92 Å². The molecule has 0 unspecified atom stereocenters. The molecule has 1 aliphatic carbocycles. The highest BCUT2D eigenvalue weighted by Gasteiger charge is 2.26. The zero-order chi connectivity index (χ0) is 14.2. The molecule has 3 heteroatoms. The molecule has 2 fully saturated rings. The molecule has 0 spiro atoms. The van der Waals surface area contributed by atoms with Crippen LogP contribution in [-0.4, -0.2) is 50.3 Å². The molecule has 1 saturated heterocycles. The van der Waals surface area contributed by atoms with Gasteiger partial charge in [0.2, 0.25) is 0 Å². The molecule has 3 nitrogen and oxygen atoms in total. The van der Waals surface area contributed by atoms with Crippen molar-refractivity contribution < 1.29 is 4.74 Å². The summed E-state index contributed by atoms with van der Waals surface area (Å²) in [4.78, 5) is 2.62. The predicted molar refractivity (Wildman–Crippen MR) is 85.1 cm³/mol. The van der Waals surface area contributed by atoms with E-state index in [0.29, 0.717) is 12.2 Å². The van der Waals surface area contributed by atoms with Crippen LogP contribution in [0.3, 0.4) is 0 Å². The third kappa shape index (κ3) is 5.34. The van der Waals surface area contributed by atoms with E-state index in [9.17, 15) is 0 Å². The number of ether oxygens (including phenoxy) is 1. The lowest BCUT2D eigenvalue weighted by atomic mass is 9.87. The van der Waals surface area contributed by atoms with E-state index in [1.165, 1.54) is 77.5 Å². The Balaban J connectivity index is 1.59. The quantitative estimate of drug-likeness (QED) is 0.777. The number of hydrogen-bond donors (Lipinski definition) is 1. The third-order valence-corrected chi connectivity index (χ3v) is 5.03. The Labute approximate surface area is 125 Å². The maximum atomic E-state index is 6.36. The van der Waals surface area contributed by atoms with E-state index >= 15 is 0 Å². The second-order valence-corrected chi connectivity index (χ2v) is 6.73. The van der Waals surface area contributed by atoms with Crippen LogP contribution in [-0.2, 0) is 4.74 Å². The van der Waals surface area contributed by atoms with Crippen molar-refractivity contribution in [3.05, 3.63) is 0 Å². The van der Waals surface area contributed by atoms with Gasteiger partial charge in [-0.25, -0.2) is 0 Å². The molecule has 1 aliphatic heterocycles. The molecule has 0 aromatic carbocycles. The normalized spacial score (nSPS) is 29.7. The molecule has 1 N–H and O–H groups in total. The molecule has 0 bridgehead atoms. The summed E-state index contributed by atoms with van der Waals surface area (Å²) in [6, 6.07) is 0. The number of unbranched alkanes of at least 4 members (excludes halogenated alkanes) is 1. The number of hydrogen-bond acceptors (Lipinski definition) is 3. The number of rotatable bonds is 7. The summed E-state index contributed by atoms with van der Waals surface area (Å²) < 4.78 is 6.36. The molecule has 1 heterocycles. The van der Waals surface area contributed by atoms with Gasteiger partial charge < -0.3 is 15.0 Å². The van der Waals surface area contributed by atoms with E-state index in [-0.39, 0.29) is 0 Å². The van der Waals surface area contributed by atoms with Gasteiger partial charge in [0.25, 0.3) is 0 Å². The fourth-order valence-corrected chi connectivity index (χ4v) is 3.68. The van der Waals surface area contributed by atoms with Gasteiger partial charge in [-0.05, 0) is 71.0 Å². The molecular weight excluding hydrogens is 248 g/mol. The number of likely N-dealkylation sites (tertiary alicyclic amines) is 1. The van der Waals surface area contributed by atoms with Crippen LogP contribution in [0, 0.1) is 5.92 Å². The summed E-state index contributed by atoms with van der Waals surface area (Å²) in [5.41, 5.74) is 0. The Morgan fingerprint density at radius 2 is 1.65 bits per heavy atom. The summed E-state index contributed by atoms with van der Waals surface area (Å²) in [5.74, 6) is 0.885. The molecule has 2 aliphatic rings. The maximum absolute atomic E-state index is 6.36. The first kappa shape index (κ1) is 16.3. The maximum Gasteiger partial charge on any atom is 0.0603 e. The van der Waals surface area contributed by atoms with E-state index in [1.807, 2.05) is 0 Å². The number of nitrogens with one attached hydrogen (secondary N) is 1. The molecule has 20 heavy (non-hydrogen) atoms. The van der Waals surface area contributed by atoms with Gasteiger partial charge in [0.05, 0.1) is 12.2 Å². The minimum Gasteiger partial charge on any atom is -0.375 e. The molecule has 0 aromatic rings. The molecule has 2 rings (SSSR count). The van der Waals surface area contributed by atoms with Crippen molar-refractivity contribution in [3.8, 4) is 0 Å². The number of nitrogens with zero attached hydrogens (tertiary/aromatic N) is 1. The first-order chi connectivity index (χ1) is 9.81. The van der Waals surface area contributed by atoms with Crippen LogP contribution in [0.15, 0.2) is 0 Å². The first-order valence-electron chi connectivity index (χ1n) is 8.84. The van der Waals surface area contributed by atoms with E-state index in [4.69, 9.17) is 4.74 Å². The third-order valence-electron chi connectivity index (χ3n) is 5.03. The van der Waals surface area contributed by atoms with Crippen LogP contribution in [0.2, 0.25) is 0 Å². The SMILES string of the molecule is CCCCN1CCC(OC2CCC(CNC)CC2)CC1. The van der Waals surface area contributed by atoms with Gasteiger partial charge in [-0.2, -0.15) is 0 Å². The molecule has 118 valence electrons. The topological polar surface area (TPSA) is 24.5 Å². The Kier molecular flexibility index (Phi) is 7.32. The van der Waals surface area contributed by atoms with Gasteiger partial charge in [0.1, 0.15) is 0 Å². The average molecular weight is 282 g/mol. The zero-order valence-corrected chi connectivity index (χ0v) is 13.6. The minimum absolute atomic E-state index is 0.540. The smallest absolute Gasteiger partial charge is 0.0603 e. The highest BCUT2D eigenvalue weighted by Crippen LogP contribution is 2.28. The van der Waals surface area contributed by atoms with Crippen LogP contribution in [0.1, 0.15) is 58.3 Å². The fraction of sp³-hybridized carbons (Fsp3) is 1.00. The van der Waals surface area contributed by atoms with E-state index < -0.39 is 0 Å². The predicted octanol–water partition coefficient (Wildman–Crippen LogP) is 3.05. The van der Waals surface area contributed by atoms with Crippen LogP contribution in [0.5, 0.6) is 0 Å². The summed E-state index contributed by atoms with van der Waals surface area (Å²) in [6.45, 7) is 7.25. The van der Waals surface area contributed by atoms with Crippen LogP contribution in [0.25, 0.3) is 0 Å². The van der Waals surface area contributed by atoms with E-state index in [2.05, 4.69) is 24.2 Å². The van der Waals surface area contributed by atoms with Crippen LogP contribution in [0.4, 0.5) is 0 Å². The van der Waals surface area contributed by atoms with Crippen molar-refractivity contribution in [1.29, 1.82) is 0 Å². The molecule has 1 saturated carbocycles.